The molecule has 0 radical (unpaired) electrons. The van der Waals surface area contributed by atoms with E-state index in [0.29, 0.717) is 0 Å². The van der Waals surface area contributed by atoms with Gasteiger partial charge in [-0.25, -0.2) is 0 Å². The van der Waals surface area contributed by atoms with Crippen LogP contribution in [0.3, 0.4) is 0 Å². The third-order valence-corrected chi connectivity index (χ3v) is 2.18. The highest BCUT2D eigenvalue weighted by Crippen LogP contribution is 2.09. The van der Waals surface area contributed by atoms with Gasteiger partial charge >= 0.3 is 0 Å². The van der Waals surface area contributed by atoms with E-state index in [2.05, 4.69) is 11.6 Å². The Morgan fingerprint density at radius 3 is 2.44 bits per heavy atom. The molecule has 0 bridgehead atoms. The topological polar surface area (TPSA) is 12.4 Å². The Kier molecular flexibility index (Phi) is 5.00. The van der Waals surface area contributed by atoms with Crippen LogP contribution >= 0.6 is 0 Å². The molecule has 1 aromatic carbocycles. The highest BCUT2D eigenvalue weighted by molar-refractivity contribution is 6.13. The summed E-state index contributed by atoms with van der Waals surface area (Å²) in [5.41, 5.74) is 2.95. The van der Waals surface area contributed by atoms with E-state index in [1.807, 2.05) is 61.6 Å². The molecular weight excluding hydrogens is 194 g/mol. The van der Waals surface area contributed by atoms with Gasteiger partial charge in [-0.05, 0) is 12.5 Å². The predicted octanol–water partition coefficient (Wildman–Crippen LogP) is 3.79. The van der Waals surface area contributed by atoms with Crippen molar-refractivity contribution >= 4 is 5.71 Å². The van der Waals surface area contributed by atoms with E-state index in [0.717, 1.165) is 16.8 Å². The summed E-state index contributed by atoms with van der Waals surface area (Å²) >= 11 is 0. The monoisotopic (exact) mass is 211 g/mol. The zero-order valence-corrected chi connectivity index (χ0v) is 9.85. The summed E-state index contributed by atoms with van der Waals surface area (Å²) in [6, 6.07) is 10.1. The van der Waals surface area contributed by atoms with Crippen molar-refractivity contribution in [2.75, 3.05) is 7.05 Å². The van der Waals surface area contributed by atoms with E-state index >= 15 is 0 Å². The minimum Gasteiger partial charge on any atom is -0.287 e. The number of nitrogens with zero attached hydrogens (tertiary/aromatic N) is 1. The standard InChI is InChI=1S/C15H17N/c1-4-5-7-10-13(2)15(16-3)14-11-8-6-9-12-14/h4-12H,2H2,1,3H3/b5-4-,10-7-,16-15+. The Morgan fingerprint density at radius 2 is 1.88 bits per heavy atom. The Bertz CT molecular complexity index is 422. The molecule has 0 aliphatic carbocycles. The van der Waals surface area contributed by atoms with Gasteiger partial charge in [-0.1, -0.05) is 61.2 Å². The maximum Gasteiger partial charge on any atom is 0.0709 e. The maximum atomic E-state index is 4.28. The molecule has 1 rings (SSSR count). The Balaban J connectivity index is 2.89. The normalized spacial score (nSPS) is 12.5. The van der Waals surface area contributed by atoms with Crippen molar-refractivity contribution in [3.05, 3.63) is 72.4 Å². The van der Waals surface area contributed by atoms with Gasteiger partial charge in [-0.15, -0.1) is 0 Å². The van der Waals surface area contributed by atoms with Gasteiger partial charge < -0.3 is 0 Å². The van der Waals surface area contributed by atoms with Crippen molar-refractivity contribution in [2.24, 2.45) is 4.99 Å². The fourth-order valence-electron chi connectivity index (χ4n) is 1.42. The second-order valence-electron chi connectivity index (χ2n) is 3.35. The lowest BCUT2D eigenvalue weighted by molar-refractivity contribution is 1.42. The first-order chi connectivity index (χ1) is 7.79. The molecule has 0 aromatic heterocycles. The van der Waals surface area contributed by atoms with Crippen LogP contribution in [-0.2, 0) is 0 Å². The van der Waals surface area contributed by atoms with E-state index in [1.165, 1.54) is 0 Å². The lowest BCUT2D eigenvalue weighted by Gasteiger charge is -2.04. The average Bonchev–Trinajstić information content (AvgIpc) is 2.32. The fraction of sp³-hybridized carbons (Fsp3) is 0.133. The van der Waals surface area contributed by atoms with Gasteiger partial charge in [0.15, 0.2) is 0 Å². The Labute approximate surface area is 97.5 Å². The molecule has 1 nitrogen and oxygen atoms in total. The molecule has 82 valence electrons. The minimum absolute atomic E-state index is 0.923. The van der Waals surface area contributed by atoms with Crippen LogP contribution < -0.4 is 0 Å². The van der Waals surface area contributed by atoms with Gasteiger partial charge in [0, 0.05) is 12.6 Å². The SMILES string of the molecule is C=C(/C=C\C=C/C)/C(=N\C)c1ccccc1. The summed E-state index contributed by atoms with van der Waals surface area (Å²) in [4.78, 5) is 4.28. The number of hydrogen-bond donors (Lipinski definition) is 0. The number of aliphatic imine (C=N–C) groups is 1. The number of rotatable bonds is 4. The quantitative estimate of drug-likeness (QED) is 0.530. The molecule has 0 aliphatic rings. The molecule has 0 N–H and O–H groups in total. The van der Waals surface area contributed by atoms with Crippen LogP contribution in [0.4, 0.5) is 0 Å². The molecule has 0 saturated heterocycles. The van der Waals surface area contributed by atoms with Crippen molar-refractivity contribution in [2.45, 2.75) is 6.92 Å². The van der Waals surface area contributed by atoms with Crippen LogP contribution in [0.5, 0.6) is 0 Å². The van der Waals surface area contributed by atoms with Crippen LogP contribution in [0.2, 0.25) is 0 Å². The van der Waals surface area contributed by atoms with Crippen molar-refractivity contribution in [3.8, 4) is 0 Å². The smallest absolute Gasteiger partial charge is 0.0709 e. The van der Waals surface area contributed by atoms with Crippen molar-refractivity contribution in [1.29, 1.82) is 0 Å². The molecule has 0 fully saturated rings. The molecule has 0 aliphatic heterocycles. The van der Waals surface area contributed by atoms with Crippen molar-refractivity contribution in [1.82, 2.24) is 0 Å². The number of benzene rings is 1. The van der Waals surface area contributed by atoms with Crippen molar-refractivity contribution < 1.29 is 0 Å². The van der Waals surface area contributed by atoms with E-state index in [4.69, 9.17) is 0 Å². The summed E-state index contributed by atoms with van der Waals surface area (Å²) in [5, 5.41) is 0. The molecule has 1 heteroatoms. The molecule has 0 heterocycles. The van der Waals surface area contributed by atoms with Gasteiger partial charge in [0.05, 0.1) is 5.71 Å². The lowest BCUT2D eigenvalue weighted by atomic mass is 10.0. The molecule has 0 amide bonds. The largest absolute Gasteiger partial charge is 0.287 e. The second kappa shape index (κ2) is 6.57. The van der Waals surface area contributed by atoms with Gasteiger partial charge in [-0.2, -0.15) is 0 Å². The molecule has 1 aromatic rings. The number of hydrogen-bond acceptors (Lipinski definition) is 1. The first-order valence-electron chi connectivity index (χ1n) is 5.30. The summed E-state index contributed by atoms with van der Waals surface area (Å²) in [7, 11) is 1.79. The maximum absolute atomic E-state index is 4.28. The van der Waals surface area contributed by atoms with E-state index < -0.39 is 0 Å². The fourth-order valence-corrected chi connectivity index (χ4v) is 1.42. The van der Waals surface area contributed by atoms with E-state index in [9.17, 15) is 0 Å². The summed E-state index contributed by atoms with van der Waals surface area (Å²) in [6.07, 6.45) is 7.89. The van der Waals surface area contributed by atoms with Gasteiger partial charge in [-0.3, -0.25) is 4.99 Å². The molecule has 0 spiro atoms. The molecule has 0 atom stereocenters. The van der Waals surface area contributed by atoms with Gasteiger partial charge in [0.1, 0.15) is 0 Å². The van der Waals surface area contributed by atoms with Crippen LogP contribution in [0.25, 0.3) is 0 Å². The second-order valence-corrected chi connectivity index (χ2v) is 3.35. The zero-order valence-electron chi connectivity index (χ0n) is 9.85. The highest BCUT2D eigenvalue weighted by Gasteiger charge is 2.02. The van der Waals surface area contributed by atoms with Crippen LogP contribution in [0.15, 0.2) is 71.8 Å². The molecule has 0 saturated carbocycles. The van der Waals surface area contributed by atoms with Crippen LogP contribution in [0, 0.1) is 0 Å². The summed E-state index contributed by atoms with van der Waals surface area (Å²) < 4.78 is 0. The average molecular weight is 211 g/mol. The number of allylic oxidation sites excluding steroid dienone is 5. The third-order valence-electron chi connectivity index (χ3n) is 2.18. The predicted molar refractivity (Wildman–Crippen MR) is 72.0 cm³/mol. The molecule has 16 heavy (non-hydrogen) atoms. The first kappa shape index (κ1) is 12.2. The van der Waals surface area contributed by atoms with Gasteiger partial charge in [0.25, 0.3) is 0 Å². The highest BCUT2D eigenvalue weighted by atomic mass is 14.7. The third kappa shape index (κ3) is 3.35. The summed E-state index contributed by atoms with van der Waals surface area (Å²) in [6.45, 7) is 6.01. The van der Waals surface area contributed by atoms with Crippen LogP contribution in [-0.4, -0.2) is 12.8 Å². The summed E-state index contributed by atoms with van der Waals surface area (Å²) in [5.74, 6) is 0. The Hall–Kier alpha value is -1.89. The van der Waals surface area contributed by atoms with Gasteiger partial charge in [0.2, 0.25) is 0 Å². The Morgan fingerprint density at radius 1 is 1.19 bits per heavy atom. The minimum atomic E-state index is 0.923. The van der Waals surface area contributed by atoms with Crippen LogP contribution in [0.1, 0.15) is 12.5 Å². The van der Waals surface area contributed by atoms with Crippen molar-refractivity contribution in [3.63, 3.8) is 0 Å². The lowest BCUT2D eigenvalue weighted by Crippen LogP contribution is -2.01. The molecule has 0 unspecified atom stereocenters. The molecular formula is C15H17N. The first-order valence-corrected chi connectivity index (χ1v) is 5.30. The van der Waals surface area contributed by atoms with E-state index in [1.54, 1.807) is 7.05 Å². The van der Waals surface area contributed by atoms with E-state index in [-0.39, 0.29) is 0 Å². The zero-order chi connectivity index (χ0) is 11.8.